The number of amides is 2. The third-order valence-electron chi connectivity index (χ3n) is 10.5. The molecule has 0 unspecified atom stereocenters. The van der Waals surface area contributed by atoms with Crippen molar-refractivity contribution in [3.63, 3.8) is 0 Å². The molecule has 288 valence electrons. The first-order chi connectivity index (χ1) is 23.7. The van der Waals surface area contributed by atoms with Gasteiger partial charge in [0.2, 0.25) is 18.6 Å². The lowest BCUT2D eigenvalue weighted by molar-refractivity contribution is -0.185. The molecule has 4 fully saturated rings. The highest BCUT2D eigenvalue weighted by molar-refractivity contribution is 7.94. The van der Waals surface area contributed by atoms with Crippen LogP contribution in [0.4, 0.5) is 0 Å². The molecule has 0 spiro atoms. The number of nitrogens with zero attached hydrogens (tertiary/aromatic N) is 4. The summed E-state index contributed by atoms with van der Waals surface area (Å²) in [6.45, 7) is 12.6. The van der Waals surface area contributed by atoms with E-state index in [9.17, 15) is 45.6 Å². The maximum absolute atomic E-state index is 13.5. The van der Waals surface area contributed by atoms with E-state index in [1.54, 1.807) is 9.80 Å². The molecule has 2 amide bonds. The van der Waals surface area contributed by atoms with Gasteiger partial charge >= 0.3 is 23.9 Å². The predicted molar refractivity (Wildman–Crippen MR) is 176 cm³/mol. The quantitative estimate of drug-likeness (QED) is 0.0757. The van der Waals surface area contributed by atoms with E-state index in [1.165, 1.54) is 27.7 Å². The van der Waals surface area contributed by atoms with Crippen LogP contribution in [0.25, 0.3) is 0 Å². The lowest BCUT2D eigenvalue weighted by Crippen LogP contribution is -2.65. The number of carbonyl (C=O) groups is 6. The molecular formula is C31H48N4O14S2. The molecule has 0 aliphatic carbocycles. The van der Waals surface area contributed by atoms with Gasteiger partial charge in [-0.25, -0.2) is 26.4 Å². The Morgan fingerprint density at radius 2 is 0.922 bits per heavy atom. The largest absolute Gasteiger partial charge is 0.464 e. The summed E-state index contributed by atoms with van der Waals surface area (Å²) in [4.78, 5) is 82.5. The first-order valence-electron chi connectivity index (χ1n) is 16.9. The molecule has 0 saturated carbocycles. The van der Waals surface area contributed by atoms with E-state index in [-0.39, 0.29) is 13.1 Å². The number of sulfone groups is 2. The zero-order valence-corrected chi connectivity index (χ0v) is 31.8. The van der Waals surface area contributed by atoms with Gasteiger partial charge in [-0.15, -0.1) is 0 Å². The summed E-state index contributed by atoms with van der Waals surface area (Å²) >= 11 is 0. The van der Waals surface area contributed by atoms with Crippen LogP contribution in [0, 0.1) is 11.8 Å². The average Bonchev–Trinajstić information content (AvgIpc) is 3.30. The van der Waals surface area contributed by atoms with Gasteiger partial charge in [0.05, 0.1) is 22.6 Å². The fourth-order valence-electron chi connectivity index (χ4n) is 7.11. The van der Waals surface area contributed by atoms with Gasteiger partial charge in [-0.3, -0.25) is 29.0 Å². The van der Waals surface area contributed by atoms with Crippen molar-refractivity contribution in [2.24, 2.45) is 11.8 Å². The maximum Gasteiger partial charge on any atom is 0.333 e. The summed E-state index contributed by atoms with van der Waals surface area (Å²) in [5.74, 6) is -7.60. The third-order valence-corrected chi connectivity index (χ3v) is 16.3. The van der Waals surface area contributed by atoms with Crippen LogP contribution in [0.3, 0.4) is 0 Å². The number of fused-ring (bicyclic) bond motifs is 2. The second-order valence-corrected chi connectivity index (χ2v) is 19.2. The van der Waals surface area contributed by atoms with Crippen molar-refractivity contribution in [2.45, 2.75) is 87.7 Å². The number of rotatable bonds is 16. The molecule has 6 atom stereocenters. The molecule has 4 saturated heterocycles. The van der Waals surface area contributed by atoms with Crippen molar-refractivity contribution >= 4 is 55.4 Å². The van der Waals surface area contributed by atoms with Gasteiger partial charge in [0.25, 0.3) is 0 Å². The van der Waals surface area contributed by atoms with E-state index >= 15 is 0 Å². The molecule has 0 bridgehead atoms. The Morgan fingerprint density at radius 3 is 1.22 bits per heavy atom. The van der Waals surface area contributed by atoms with Gasteiger partial charge in [0, 0.05) is 0 Å². The highest BCUT2D eigenvalue weighted by Gasteiger charge is 2.74. The fourth-order valence-corrected chi connectivity index (χ4v) is 11.7. The Labute approximate surface area is 297 Å². The summed E-state index contributed by atoms with van der Waals surface area (Å²) < 4.78 is 70.9. The molecule has 4 aliphatic rings. The average molecular weight is 765 g/mol. The molecule has 18 nitrogen and oxygen atoms in total. The standard InChI is InChI=1S/C31H48N4O14S2/c1-9-32(10-2)13-20(36)46-15-18-24(38)34-22(30(5,6)50(42,43)26(18)34)28(40)48-17-49-29(41)23-31(7,8)51(44,45)27-19(25(39)35(23)27)16-47-21(37)14-33(11-3)12-4/h18-19,22-23,26-27H,9-17H2,1-8H3/t18-,19-,22-,23-,26+,27+/m0/s1. The molecule has 20 heteroatoms. The van der Waals surface area contributed by atoms with Gasteiger partial charge < -0.3 is 28.7 Å². The minimum absolute atomic E-state index is 0.0437. The van der Waals surface area contributed by atoms with Gasteiger partial charge in [-0.05, 0) is 53.9 Å². The highest BCUT2D eigenvalue weighted by atomic mass is 32.2. The summed E-state index contributed by atoms with van der Waals surface area (Å²) in [6.07, 6.45) is 0. The monoisotopic (exact) mass is 764 g/mol. The van der Waals surface area contributed by atoms with Crippen molar-refractivity contribution in [3.05, 3.63) is 0 Å². The Kier molecular flexibility index (Phi) is 11.5. The number of ether oxygens (including phenoxy) is 4. The lowest BCUT2D eigenvalue weighted by Gasteiger charge is -2.42. The van der Waals surface area contributed by atoms with Crippen molar-refractivity contribution in [3.8, 4) is 0 Å². The molecule has 0 aromatic carbocycles. The van der Waals surface area contributed by atoms with Crippen LogP contribution >= 0.6 is 0 Å². The Balaban J connectivity index is 1.37. The fraction of sp³-hybridized carbons (Fsp3) is 0.806. The molecular weight excluding hydrogens is 716 g/mol. The number of β-lactam (4-membered cyclic amide) rings is 2. The first-order valence-corrected chi connectivity index (χ1v) is 20.0. The maximum atomic E-state index is 13.5. The minimum atomic E-state index is -4.19. The molecule has 51 heavy (non-hydrogen) atoms. The Morgan fingerprint density at radius 1 is 0.608 bits per heavy atom. The third kappa shape index (κ3) is 6.60. The van der Waals surface area contributed by atoms with Gasteiger partial charge in [0.1, 0.15) is 37.1 Å². The number of likely N-dealkylation sites (N-methyl/N-ethyl adjacent to an activating group) is 2. The second kappa shape index (κ2) is 14.6. The normalized spacial score (nSPS) is 29.1. The summed E-state index contributed by atoms with van der Waals surface area (Å²) in [5, 5.41) is -2.91. The van der Waals surface area contributed by atoms with Crippen LogP contribution in [0.1, 0.15) is 55.4 Å². The van der Waals surface area contributed by atoms with E-state index < -0.39 is 120 Å². The lowest BCUT2D eigenvalue weighted by atomic mass is 9.92. The van der Waals surface area contributed by atoms with Crippen LogP contribution in [0.15, 0.2) is 0 Å². The molecule has 0 N–H and O–H groups in total. The minimum Gasteiger partial charge on any atom is -0.464 e. The van der Waals surface area contributed by atoms with Crippen LogP contribution in [0.2, 0.25) is 0 Å². The van der Waals surface area contributed by atoms with Crippen LogP contribution in [-0.2, 0) is 67.4 Å². The van der Waals surface area contributed by atoms with E-state index in [0.29, 0.717) is 26.2 Å². The number of hydrogen-bond donors (Lipinski definition) is 0. The van der Waals surface area contributed by atoms with E-state index in [0.717, 1.165) is 9.80 Å². The van der Waals surface area contributed by atoms with E-state index in [4.69, 9.17) is 18.9 Å². The van der Waals surface area contributed by atoms with Crippen LogP contribution in [0.5, 0.6) is 0 Å². The smallest absolute Gasteiger partial charge is 0.333 e. The van der Waals surface area contributed by atoms with E-state index in [1.807, 2.05) is 27.7 Å². The predicted octanol–water partition coefficient (Wildman–Crippen LogP) is -1.48. The van der Waals surface area contributed by atoms with Crippen molar-refractivity contribution in [1.29, 1.82) is 0 Å². The van der Waals surface area contributed by atoms with Crippen LogP contribution in [-0.4, -0.2) is 164 Å². The number of hydrogen-bond acceptors (Lipinski definition) is 16. The number of carbonyl (C=O) groups excluding carboxylic acids is 6. The zero-order chi connectivity index (χ0) is 38.4. The highest BCUT2D eigenvalue weighted by Crippen LogP contribution is 2.50. The Bertz CT molecular complexity index is 1530. The van der Waals surface area contributed by atoms with Gasteiger partial charge in [0.15, 0.2) is 30.4 Å². The van der Waals surface area contributed by atoms with Crippen molar-refractivity contribution in [1.82, 2.24) is 19.6 Å². The Hall–Kier alpha value is -3.36. The second-order valence-electron chi connectivity index (χ2n) is 13.9. The molecule has 4 rings (SSSR count). The SMILES string of the molecule is CCN(CC)CC(=O)OC[C@H]1C(=O)N2[C@@H](C(=O)OCOC(=O)[C@@H]3N4C(=O)[C@H](COC(=O)CN(CC)CC)[C@H]4S(=O)(=O)C3(C)C)C(C)(C)S(=O)(=O)[C@H]12. The van der Waals surface area contributed by atoms with Crippen molar-refractivity contribution < 1.29 is 64.6 Å². The topological polar surface area (TPSA) is 221 Å². The van der Waals surface area contributed by atoms with Gasteiger partial charge in [-0.2, -0.15) is 0 Å². The summed E-state index contributed by atoms with van der Waals surface area (Å²) in [5.41, 5.74) is 0. The van der Waals surface area contributed by atoms with Gasteiger partial charge in [-0.1, -0.05) is 27.7 Å². The molecule has 0 aromatic rings. The molecule has 4 heterocycles. The summed E-state index contributed by atoms with van der Waals surface area (Å²) in [6, 6.07) is -3.26. The van der Waals surface area contributed by atoms with Crippen molar-refractivity contribution in [2.75, 3.05) is 59.3 Å². The van der Waals surface area contributed by atoms with E-state index in [2.05, 4.69) is 0 Å². The molecule has 0 aromatic heterocycles. The summed E-state index contributed by atoms with van der Waals surface area (Å²) in [7, 11) is -8.38. The zero-order valence-electron chi connectivity index (χ0n) is 30.1. The first kappa shape index (κ1) is 40.4. The van der Waals surface area contributed by atoms with Crippen LogP contribution < -0.4 is 0 Å². The molecule has 0 radical (unpaired) electrons. The molecule has 4 aliphatic heterocycles. The number of esters is 4.